The molecule has 2 atom stereocenters. The van der Waals surface area contributed by atoms with Gasteiger partial charge in [0.25, 0.3) is 0 Å². The van der Waals surface area contributed by atoms with Gasteiger partial charge in [0.05, 0.1) is 6.33 Å². The van der Waals surface area contributed by atoms with Gasteiger partial charge in [-0.2, -0.15) is 0 Å². The number of benzene rings is 2. The Morgan fingerprint density at radius 1 is 1.00 bits per heavy atom. The van der Waals surface area contributed by atoms with Crippen LogP contribution in [0.5, 0.6) is 0 Å². The molecular weight excluding hydrogens is 474 g/mol. The number of alkyl carbamates (subject to hydrolysis) is 1. The van der Waals surface area contributed by atoms with Crippen LogP contribution >= 0.6 is 0 Å². The maximum atomic E-state index is 13.0. The van der Waals surface area contributed by atoms with E-state index in [1.807, 2.05) is 48.5 Å². The molecule has 0 fully saturated rings. The Hall–Kier alpha value is -4.18. The standard InChI is InChI=1S/C27H31N5O5/c28-12-6-5-11-23(26(34)35)31-25(33)24(13-17-14-29-16-30-17)32-27(36)37-15-22-20-9-3-1-7-18(20)19-8-2-4-10-21(19)22/h1-4,7-10,14,16,22-24H,5-6,11-13,15,28H2,(H,29,30)(H,31,33)(H,32,36)(H,34,35)/t23-,24-/m0/s1. The van der Waals surface area contributed by atoms with Gasteiger partial charge in [0, 0.05) is 24.2 Å². The number of nitrogens with one attached hydrogen (secondary N) is 3. The van der Waals surface area contributed by atoms with Crippen molar-refractivity contribution in [2.75, 3.05) is 13.2 Å². The zero-order valence-electron chi connectivity index (χ0n) is 20.4. The van der Waals surface area contributed by atoms with E-state index in [1.54, 1.807) is 0 Å². The Morgan fingerprint density at radius 3 is 2.27 bits per heavy atom. The molecule has 3 aromatic rings. The van der Waals surface area contributed by atoms with Gasteiger partial charge in [-0.3, -0.25) is 4.79 Å². The second-order valence-corrected chi connectivity index (χ2v) is 8.99. The van der Waals surface area contributed by atoms with Crippen LogP contribution < -0.4 is 16.4 Å². The van der Waals surface area contributed by atoms with Crippen LogP contribution in [-0.4, -0.2) is 58.3 Å². The van der Waals surface area contributed by atoms with Crippen LogP contribution in [0.15, 0.2) is 61.1 Å². The number of carbonyl (C=O) groups is 3. The van der Waals surface area contributed by atoms with Crippen molar-refractivity contribution in [1.29, 1.82) is 0 Å². The van der Waals surface area contributed by atoms with Gasteiger partial charge in [-0.15, -0.1) is 0 Å². The van der Waals surface area contributed by atoms with Crippen molar-refractivity contribution >= 4 is 18.0 Å². The maximum absolute atomic E-state index is 13.0. The van der Waals surface area contributed by atoms with Crippen LogP contribution in [0.4, 0.5) is 4.79 Å². The van der Waals surface area contributed by atoms with E-state index in [4.69, 9.17) is 10.5 Å². The molecule has 0 aliphatic heterocycles. The van der Waals surface area contributed by atoms with Gasteiger partial charge in [0.1, 0.15) is 18.7 Å². The van der Waals surface area contributed by atoms with Crippen LogP contribution in [0.3, 0.4) is 0 Å². The Morgan fingerprint density at radius 2 is 1.68 bits per heavy atom. The molecule has 0 saturated carbocycles. The van der Waals surface area contributed by atoms with Crippen LogP contribution in [0.25, 0.3) is 11.1 Å². The number of H-pyrrole nitrogens is 1. The molecule has 1 aliphatic carbocycles. The van der Waals surface area contributed by atoms with Gasteiger partial charge >= 0.3 is 12.1 Å². The molecule has 10 nitrogen and oxygen atoms in total. The third-order valence-electron chi connectivity index (χ3n) is 6.49. The van der Waals surface area contributed by atoms with E-state index < -0.39 is 30.1 Å². The lowest BCUT2D eigenvalue weighted by Crippen LogP contribution is -2.52. The molecule has 0 saturated heterocycles. The molecule has 1 heterocycles. The van der Waals surface area contributed by atoms with Crippen LogP contribution in [0, 0.1) is 0 Å². The highest BCUT2D eigenvalue weighted by molar-refractivity contribution is 5.89. The lowest BCUT2D eigenvalue weighted by Gasteiger charge is -2.22. The molecule has 0 bridgehead atoms. The molecule has 0 radical (unpaired) electrons. The maximum Gasteiger partial charge on any atom is 0.407 e. The van der Waals surface area contributed by atoms with Gasteiger partial charge in [-0.05, 0) is 48.1 Å². The fourth-order valence-electron chi connectivity index (χ4n) is 4.63. The first-order chi connectivity index (χ1) is 18.0. The predicted molar refractivity (Wildman–Crippen MR) is 137 cm³/mol. The van der Waals surface area contributed by atoms with E-state index >= 15 is 0 Å². The minimum Gasteiger partial charge on any atom is -0.480 e. The summed E-state index contributed by atoms with van der Waals surface area (Å²) >= 11 is 0. The van der Waals surface area contributed by atoms with E-state index in [0.29, 0.717) is 25.1 Å². The van der Waals surface area contributed by atoms with E-state index in [2.05, 4.69) is 20.6 Å². The highest BCUT2D eigenvalue weighted by Gasteiger charge is 2.31. The van der Waals surface area contributed by atoms with E-state index in [-0.39, 0.29) is 25.4 Å². The minimum atomic E-state index is -1.15. The van der Waals surface area contributed by atoms with Crippen LogP contribution in [0.2, 0.25) is 0 Å². The van der Waals surface area contributed by atoms with E-state index in [9.17, 15) is 19.5 Å². The predicted octanol–water partition coefficient (Wildman–Crippen LogP) is 2.56. The number of hydrogen-bond acceptors (Lipinski definition) is 6. The number of ether oxygens (including phenoxy) is 1. The molecule has 0 unspecified atom stereocenters. The number of unbranched alkanes of at least 4 members (excludes halogenated alkanes) is 1. The van der Waals surface area contributed by atoms with Gasteiger partial charge in [0.15, 0.2) is 0 Å². The van der Waals surface area contributed by atoms with Crippen molar-refractivity contribution in [2.45, 2.75) is 43.7 Å². The third kappa shape index (κ3) is 6.34. The zero-order chi connectivity index (χ0) is 26.2. The Labute approximate surface area is 214 Å². The number of aromatic nitrogens is 2. The molecule has 194 valence electrons. The Bertz CT molecular complexity index is 1180. The molecule has 37 heavy (non-hydrogen) atoms. The van der Waals surface area contributed by atoms with E-state index in [0.717, 1.165) is 22.3 Å². The lowest BCUT2D eigenvalue weighted by atomic mass is 9.98. The summed E-state index contributed by atoms with van der Waals surface area (Å²) in [5, 5.41) is 14.7. The number of nitrogens with zero attached hydrogens (tertiary/aromatic N) is 1. The number of amides is 2. The summed E-state index contributed by atoms with van der Waals surface area (Å²) in [6.45, 7) is 0.529. The second kappa shape index (κ2) is 12.2. The van der Waals surface area contributed by atoms with Crippen molar-refractivity contribution in [2.24, 2.45) is 5.73 Å². The molecule has 2 aromatic carbocycles. The van der Waals surface area contributed by atoms with E-state index in [1.165, 1.54) is 12.5 Å². The highest BCUT2D eigenvalue weighted by Crippen LogP contribution is 2.44. The molecule has 10 heteroatoms. The Balaban J connectivity index is 1.42. The first-order valence-corrected chi connectivity index (χ1v) is 12.3. The van der Waals surface area contributed by atoms with Gasteiger partial charge in [-0.1, -0.05) is 48.5 Å². The second-order valence-electron chi connectivity index (χ2n) is 8.99. The number of carbonyl (C=O) groups excluding carboxylic acids is 2. The largest absolute Gasteiger partial charge is 0.480 e. The molecular formula is C27H31N5O5. The molecule has 4 rings (SSSR count). The monoisotopic (exact) mass is 505 g/mol. The number of aliphatic carboxylic acids is 1. The number of carboxylic acids is 1. The number of nitrogens with two attached hydrogens (primary N) is 1. The number of fused-ring (bicyclic) bond motifs is 3. The summed E-state index contributed by atoms with van der Waals surface area (Å²) in [5.74, 6) is -1.90. The lowest BCUT2D eigenvalue weighted by molar-refractivity contribution is -0.142. The zero-order valence-corrected chi connectivity index (χ0v) is 20.4. The molecule has 1 aliphatic rings. The molecule has 0 spiro atoms. The quantitative estimate of drug-likeness (QED) is 0.237. The summed E-state index contributed by atoms with van der Waals surface area (Å²) in [4.78, 5) is 44.4. The SMILES string of the molecule is NCCCC[C@H](NC(=O)[C@H](Cc1cnc[nH]1)NC(=O)OCC1c2ccccc2-c2ccccc21)C(=O)O. The third-order valence-corrected chi connectivity index (χ3v) is 6.49. The average Bonchev–Trinajstić information content (AvgIpc) is 3.52. The number of rotatable bonds is 12. The van der Waals surface area contributed by atoms with Crippen LogP contribution in [-0.2, 0) is 20.7 Å². The summed E-state index contributed by atoms with van der Waals surface area (Å²) < 4.78 is 5.59. The topological polar surface area (TPSA) is 159 Å². The van der Waals surface area contributed by atoms with Crippen molar-refractivity contribution < 1.29 is 24.2 Å². The Kier molecular flexibility index (Phi) is 8.52. The molecule has 6 N–H and O–H groups in total. The van der Waals surface area contributed by atoms with Crippen molar-refractivity contribution in [3.05, 3.63) is 77.9 Å². The smallest absolute Gasteiger partial charge is 0.407 e. The van der Waals surface area contributed by atoms with Gasteiger partial charge in [0.2, 0.25) is 5.91 Å². The fraction of sp³-hybridized carbons (Fsp3) is 0.333. The number of hydrogen-bond donors (Lipinski definition) is 5. The van der Waals surface area contributed by atoms with Gasteiger partial charge in [-0.25, -0.2) is 14.6 Å². The number of aromatic amines is 1. The summed E-state index contributed by atoms with van der Waals surface area (Å²) in [6.07, 6.45) is 3.76. The molecule has 1 aromatic heterocycles. The first-order valence-electron chi connectivity index (χ1n) is 12.3. The highest BCUT2D eigenvalue weighted by atomic mass is 16.5. The number of carboxylic acid groups (broad SMARTS) is 1. The number of imidazole rings is 1. The van der Waals surface area contributed by atoms with Crippen molar-refractivity contribution in [3.8, 4) is 11.1 Å². The summed E-state index contributed by atoms with van der Waals surface area (Å²) in [7, 11) is 0. The summed E-state index contributed by atoms with van der Waals surface area (Å²) in [6, 6.07) is 13.8. The first kappa shape index (κ1) is 25.9. The van der Waals surface area contributed by atoms with Crippen molar-refractivity contribution in [3.63, 3.8) is 0 Å². The molecule has 2 amide bonds. The van der Waals surface area contributed by atoms with Gasteiger partial charge < -0.3 is 31.2 Å². The summed E-state index contributed by atoms with van der Waals surface area (Å²) in [5.41, 5.74) is 10.5. The minimum absolute atomic E-state index is 0.0885. The average molecular weight is 506 g/mol. The normalized spacial score (nSPS) is 13.8. The van der Waals surface area contributed by atoms with Crippen LogP contribution in [0.1, 0.15) is 42.0 Å². The van der Waals surface area contributed by atoms with Crippen molar-refractivity contribution in [1.82, 2.24) is 20.6 Å². The fourth-order valence-corrected chi connectivity index (χ4v) is 4.63.